The lowest BCUT2D eigenvalue weighted by Gasteiger charge is -2.12. The average Bonchev–Trinajstić information content (AvgIpc) is 2.79. The third-order valence-corrected chi connectivity index (χ3v) is 3.07. The molecular formula is C16H21N3O2. The Morgan fingerprint density at radius 2 is 2.14 bits per heavy atom. The monoisotopic (exact) mass is 287 g/mol. The SMILES string of the molecule is Cc1nc(C(C)(C)C)oc1CC(=O)NCc1cccnc1. The van der Waals surface area contributed by atoms with Gasteiger partial charge in [0.15, 0.2) is 5.89 Å². The zero-order valence-corrected chi connectivity index (χ0v) is 12.9. The van der Waals surface area contributed by atoms with Crippen molar-refractivity contribution in [2.24, 2.45) is 0 Å². The van der Waals surface area contributed by atoms with Crippen molar-refractivity contribution in [3.63, 3.8) is 0 Å². The van der Waals surface area contributed by atoms with Crippen molar-refractivity contribution in [3.05, 3.63) is 47.4 Å². The number of hydrogen-bond acceptors (Lipinski definition) is 4. The number of aryl methyl sites for hydroxylation is 1. The van der Waals surface area contributed by atoms with Gasteiger partial charge in [0.25, 0.3) is 0 Å². The Balaban J connectivity index is 1.95. The number of rotatable bonds is 4. The van der Waals surface area contributed by atoms with Gasteiger partial charge in [0.2, 0.25) is 5.91 Å². The van der Waals surface area contributed by atoms with Crippen LogP contribution in [0, 0.1) is 6.92 Å². The molecule has 2 rings (SSSR count). The van der Waals surface area contributed by atoms with Crippen LogP contribution >= 0.6 is 0 Å². The first-order chi connectivity index (χ1) is 9.86. The standard InChI is InChI=1S/C16H21N3O2/c1-11-13(21-15(19-11)16(2,3)4)8-14(20)18-10-12-6-5-7-17-9-12/h5-7,9H,8,10H2,1-4H3,(H,18,20). The van der Waals surface area contributed by atoms with Gasteiger partial charge in [0.1, 0.15) is 5.76 Å². The highest BCUT2D eigenvalue weighted by Gasteiger charge is 2.23. The van der Waals surface area contributed by atoms with Gasteiger partial charge in [-0.05, 0) is 18.6 Å². The number of nitrogens with zero attached hydrogens (tertiary/aromatic N) is 2. The van der Waals surface area contributed by atoms with Crippen LogP contribution in [0.4, 0.5) is 0 Å². The molecule has 2 aromatic heterocycles. The molecule has 1 amide bonds. The first-order valence-electron chi connectivity index (χ1n) is 6.98. The molecule has 0 radical (unpaired) electrons. The summed E-state index contributed by atoms with van der Waals surface area (Å²) in [4.78, 5) is 20.4. The van der Waals surface area contributed by atoms with E-state index in [0.29, 0.717) is 18.2 Å². The predicted molar refractivity (Wildman–Crippen MR) is 79.7 cm³/mol. The number of oxazole rings is 1. The lowest BCUT2D eigenvalue weighted by molar-refractivity contribution is -0.120. The van der Waals surface area contributed by atoms with E-state index in [-0.39, 0.29) is 17.7 Å². The number of hydrogen-bond donors (Lipinski definition) is 1. The van der Waals surface area contributed by atoms with E-state index in [1.54, 1.807) is 12.4 Å². The Hall–Kier alpha value is -2.17. The maximum absolute atomic E-state index is 12.0. The molecule has 5 heteroatoms. The van der Waals surface area contributed by atoms with E-state index in [1.165, 1.54) is 0 Å². The van der Waals surface area contributed by atoms with Gasteiger partial charge in [-0.3, -0.25) is 9.78 Å². The topological polar surface area (TPSA) is 68.0 Å². The molecule has 0 saturated heterocycles. The summed E-state index contributed by atoms with van der Waals surface area (Å²) in [7, 11) is 0. The summed E-state index contributed by atoms with van der Waals surface area (Å²) in [5, 5.41) is 2.86. The minimum Gasteiger partial charge on any atom is -0.444 e. The van der Waals surface area contributed by atoms with Gasteiger partial charge < -0.3 is 9.73 Å². The third kappa shape index (κ3) is 4.15. The Labute approximate surface area is 124 Å². The second-order valence-electron chi connectivity index (χ2n) is 6.09. The highest BCUT2D eigenvalue weighted by atomic mass is 16.4. The maximum Gasteiger partial charge on any atom is 0.227 e. The summed E-state index contributed by atoms with van der Waals surface area (Å²) < 4.78 is 5.72. The first kappa shape index (κ1) is 15.2. The van der Waals surface area contributed by atoms with Gasteiger partial charge in [0, 0.05) is 24.4 Å². The average molecular weight is 287 g/mol. The molecule has 0 spiro atoms. The largest absolute Gasteiger partial charge is 0.444 e. The van der Waals surface area contributed by atoms with Crippen molar-refractivity contribution in [1.29, 1.82) is 0 Å². The minimum atomic E-state index is -0.158. The van der Waals surface area contributed by atoms with E-state index in [9.17, 15) is 4.79 Å². The van der Waals surface area contributed by atoms with E-state index in [4.69, 9.17) is 4.42 Å². The molecule has 2 aromatic rings. The molecule has 0 saturated carbocycles. The molecule has 0 atom stereocenters. The third-order valence-electron chi connectivity index (χ3n) is 3.07. The van der Waals surface area contributed by atoms with E-state index in [2.05, 4.69) is 15.3 Å². The van der Waals surface area contributed by atoms with Crippen LogP contribution in [0.15, 0.2) is 28.9 Å². The normalized spacial score (nSPS) is 11.4. The van der Waals surface area contributed by atoms with Crippen molar-refractivity contribution < 1.29 is 9.21 Å². The van der Waals surface area contributed by atoms with Crippen LogP contribution in [0.5, 0.6) is 0 Å². The van der Waals surface area contributed by atoms with Gasteiger partial charge >= 0.3 is 0 Å². The van der Waals surface area contributed by atoms with E-state index < -0.39 is 0 Å². The molecule has 0 aliphatic carbocycles. The number of pyridine rings is 1. The molecule has 1 N–H and O–H groups in total. The molecule has 0 aromatic carbocycles. The van der Waals surface area contributed by atoms with Crippen LogP contribution in [-0.2, 0) is 23.2 Å². The van der Waals surface area contributed by atoms with Crippen LogP contribution in [-0.4, -0.2) is 15.9 Å². The van der Waals surface area contributed by atoms with Crippen LogP contribution in [0.1, 0.15) is 43.7 Å². The molecule has 0 unspecified atom stereocenters. The molecule has 0 fully saturated rings. The van der Waals surface area contributed by atoms with Crippen molar-refractivity contribution in [2.45, 2.75) is 46.1 Å². The van der Waals surface area contributed by atoms with Crippen LogP contribution in [0.25, 0.3) is 0 Å². The second-order valence-corrected chi connectivity index (χ2v) is 6.09. The Morgan fingerprint density at radius 1 is 1.38 bits per heavy atom. The smallest absolute Gasteiger partial charge is 0.227 e. The van der Waals surface area contributed by atoms with Gasteiger partial charge in [-0.15, -0.1) is 0 Å². The fourth-order valence-electron chi connectivity index (χ4n) is 1.82. The van der Waals surface area contributed by atoms with Gasteiger partial charge in [0.05, 0.1) is 12.1 Å². The lowest BCUT2D eigenvalue weighted by Crippen LogP contribution is -2.24. The zero-order valence-electron chi connectivity index (χ0n) is 12.9. The van der Waals surface area contributed by atoms with E-state index in [1.807, 2.05) is 39.8 Å². The summed E-state index contributed by atoms with van der Waals surface area (Å²) in [6.45, 7) is 8.42. The molecule has 2 heterocycles. The minimum absolute atomic E-state index is 0.0847. The van der Waals surface area contributed by atoms with Crippen LogP contribution in [0.2, 0.25) is 0 Å². The molecular weight excluding hydrogens is 266 g/mol. The van der Waals surface area contributed by atoms with Crippen molar-refractivity contribution >= 4 is 5.91 Å². The Bertz CT molecular complexity index is 612. The molecule has 0 bridgehead atoms. The van der Waals surface area contributed by atoms with Gasteiger partial charge in [-0.25, -0.2) is 4.98 Å². The van der Waals surface area contributed by atoms with Crippen molar-refractivity contribution in [2.75, 3.05) is 0 Å². The lowest BCUT2D eigenvalue weighted by atomic mass is 9.97. The predicted octanol–water partition coefficient (Wildman–Crippen LogP) is 2.53. The Kier molecular flexibility index (Phi) is 4.40. The molecule has 5 nitrogen and oxygen atoms in total. The highest BCUT2D eigenvalue weighted by molar-refractivity contribution is 5.78. The molecule has 0 aliphatic heterocycles. The maximum atomic E-state index is 12.0. The quantitative estimate of drug-likeness (QED) is 0.938. The highest BCUT2D eigenvalue weighted by Crippen LogP contribution is 2.23. The Morgan fingerprint density at radius 3 is 2.71 bits per heavy atom. The summed E-state index contributed by atoms with van der Waals surface area (Å²) in [6, 6.07) is 3.77. The van der Waals surface area contributed by atoms with E-state index >= 15 is 0 Å². The van der Waals surface area contributed by atoms with Gasteiger partial charge in [-0.1, -0.05) is 26.8 Å². The molecule has 21 heavy (non-hydrogen) atoms. The molecule has 112 valence electrons. The fraction of sp³-hybridized carbons (Fsp3) is 0.438. The number of carbonyl (C=O) groups is 1. The van der Waals surface area contributed by atoms with E-state index in [0.717, 1.165) is 11.3 Å². The number of aromatic nitrogens is 2. The summed E-state index contributed by atoms with van der Waals surface area (Å²) in [6.07, 6.45) is 3.64. The summed E-state index contributed by atoms with van der Waals surface area (Å²) in [5.74, 6) is 1.21. The van der Waals surface area contributed by atoms with Crippen molar-refractivity contribution in [3.8, 4) is 0 Å². The van der Waals surface area contributed by atoms with Crippen LogP contribution in [0.3, 0.4) is 0 Å². The number of amides is 1. The fourth-order valence-corrected chi connectivity index (χ4v) is 1.82. The van der Waals surface area contributed by atoms with Crippen molar-refractivity contribution in [1.82, 2.24) is 15.3 Å². The van der Waals surface area contributed by atoms with Gasteiger partial charge in [-0.2, -0.15) is 0 Å². The van der Waals surface area contributed by atoms with Crippen LogP contribution < -0.4 is 5.32 Å². The second kappa shape index (κ2) is 6.08. The number of nitrogens with one attached hydrogen (secondary N) is 1. The summed E-state index contributed by atoms with van der Waals surface area (Å²) in [5.41, 5.74) is 1.59. The zero-order chi connectivity index (χ0) is 15.5. The first-order valence-corrected chi connectivity index (χ1v) is 6.98. The molecule has 0 aliphatic rings. The summed E-state index contributed by atoms with van der Waals surface area (Å²) >= 11 is 0. The number of carbonyl (C=O) groups excluding carboxylic acids is 1.